The minimum atomic E-state index is 0.904. The summed E-state index contributed by atoms with van der Waals surface area (Å²) in [6.45, 7) is 9.28. The molecule has 0 atom stereocenters. The second-order valence-corrected chi connectivity index (χ2v) is 4.27. The molecule has 0 radical (unpaired) electrons. The SMILES string of the molecule is CCNCCCN(CC)C1CCCC1. The number of nitrogens with zero attached hydrogens (tertiary/aromatic N) is 1. The third kappa shape index (κ3) is 3.97. The molecule has 1 aliphatic rings. The van der Waals surface area contributed by atoms with E-state index in [1.165, 1.54) is 51.7 Å². The second-order valence-electron chi connectivity index (χ2n) is 4.27. The summed E-state index contributed by atoms with van der Waals surface area (Å²) in [4.78, 5) is 2.67. The highest BCUT2D eigenvalue weighted by molar-refractivity contribution is 4.76. The van der Waals surface area contributed by atoms with Gasteiger partial charge in [0.15, 0.2) is 0 Å². The molecule has 0 spiro atoms. The van der Waals surface area contributed by atoms with Crippen molar-refractivity contribution in [1.29, 1.82) is 0 Å². The Balaban J connectivity index is 2.11. The van der Waals surface area contributed by atoms with E-state index in [0.29, 0.717) is 0 Å². The van der Waals surface area contributed by atoms with Crippen molar-refractivity contribution < 1.29 is 0 Å². The Morgan fingerprint density at radius 2 is 1.93 bits per heavy atom. The van der Waals surface area contributed by atoms with E-state index in [9.17, 15) is 0 Å². The van der Waals surface area contributed by atoms with Gasteiger partial charge in [-0.05, 0) is 45.4 Å². The van der Waals surface area contributed by atoms with E-state index in [4.69, 9.17) is 0 Å². The molecule has 0 heterocycles. The maximum atomic E-state index is 3.39. The van der Waals surface area contributed by atoms with Crippen LogP contribution in [0.2, 0.25) is 0 Å². The van der Waals surface area contributed by atoms with E-state index in [2.05, 4.69) is 24.1 Å². The Kier molecular flexibility index (Phi) is 6.20. The fraction of sp³-hybridized carbons (Fsp3) is 1.00. The molecule has 1 N–H and O–H groups in total. The lowest BCUT2D eigenvalue weighted by Crippen LogP contribution is -2.35. The topological polar surface area (TPSA) is 15.3 Å². The van der Waals surface area contributed by atoms with Crippen molar-refractivity contribution in [1.82, 2.24) is 10.2 Å². The van der Waals surface area contributed by atoms with Crippen LogP contribution in [-0.2, 0) is 0 Å². The Bertz CT molecular complexity index is 130. The van der Waals surface area contributed by atoms with Crippen LogP contribution >= 0.6 is 0 Å². The van der Waals surface area contributed by atoms with E-state index >= 15 is 0 Å². The van der Waals surface area contributed by atoms with Crippen LogP contribution in [0.15, 0.2) is 0 Å². The van der Waals surface area contributed by atoms with Gasteiger partial charge in [-0.2, -0.15) is 0 Å². The van der Waals surface area contributed by atoms with Crippen LogP contribution in [-0.4, -0.2) is 37.1 Å². The molecule has 2 heteroatoms. The van der Waals surface area contributed by atoms with Crippen molar-refractivity contribution >= 4 is 0 Å². The third-order valence-corrected chi connectivity index (χ3v) is 3.30. The quantitative estimate of drug-likeness (QED) is 0.631. The van der Waals surface area contributed by atoms with E-state index in [-0.39, 0.29) is 0 Å². The van der Waals surface area contributed by atoms with Crippen molar-refractivity contribution in [2.75, 3.05) is 26.2 Å². The van der Waals surface area contributed by atoms with Crippen LogP contribution in [0.25, 0.3) is 0 Å². The van der Waals surface area contributed by atoms with Crippen LogP contribution in [0, 0.1) is 0 Å². The second kappa shape index (κ2) is 7.24. The van der Waals surface area contributed by atoms with E-state index < -0.39 is 0 Å². The summed E-state index contributed by atoms with van der Waals surface area (Å²) in [5.74, 6) is 0. The summed E-state index contributed by atoms with van der Waals surface area (Å²) < 4.78 is 0. The highest BCUT2D eigenvalue weighted by Gasteiger charge is 2.20. The first kappa shape index (κ1) is 12.0. The molecule has 84 valence electrons. The van der Waals surface area contributed by atoms with Gasteiger partial charge in [0.05, 0.1) is 0 Å². The van der Waals surface area contributed by atoms with E-state index in [0.717, 1.165) is 12.6 Å². The first-order valence-corrected chi connectivity index (χ1v) is 6.33. The fourth-order valence-corrected chi connectivity index (χ4v) is 2.45. The van der Waals surface area contributed by atoms with Crippen LogP contribution in [0.1, 0.15) is 46.0 Å². The standard InChI is InChI=1S/C12H26N2/c1-3-13-10-7-11-14(4-2)12-8-5-6-9-12/h12-13H,3-11H2,1-2H3. The molecule has 0 saturated heterocycles. The lowest BCUT2D eigenvalue weighted by molar-refractivity contribution is 0.206. The molecule has 0 aromatic rings. The maximum absolute atomic E-state index is 3.39. The summed E-state index contributed by atoms with van der Waals surface area (Å²) in [7, 11) is 0. The third-order valence-electron chi connectivity index (χ3n) is 3.30. The summed E-state index contributed by atoms with van der Waals surface area (Å²) >= 11 is 0. The van der Waals surface area contributed by atoms with Crippen LogP contribution in [0.3, 0.4) is 0 Å². The molecular weight excluding hydrogens is 172 g/mol. The lowest BCUT2D eigenvalue weighted by Gasteiger charge is -2.27. The summed E-state index contributed by atoms with van der Waals surface area (Å²) in [5.41, 5.74) is 0. The Hall–Kier alpha value is -0.0800. The average Bonchev–Trinajstić information content (AvgIpc) is 2.71. The number of nitrogens with one attached hydrogen (secondary N) is 1. The van der Waals surface area contributed by atoms with Gasteiger partial charge in [0.2, 0.25) is 0 Å². The molecule has 14 heavy (non-hydrogen) atoms. The average molecular weight is 198 g/mol. The van der Waals surface area contributed by atoms with Crippen molar-refractivity contribution in [2.24, 2.45) is 0 Å². The summed E-state index contributed by atoms with van der Waals surface area (Å²) in [6, 6.07) is 0.904. The maximum Gasteiger partial charge on any atom is 0.00951 e. The molecule has 1 aliphatic carbocycles. The molecule has 0 aromatic carbocycles. The van der Waals surface area contributed by atoms with Crippen LogP contribution < -0.4 is 5.32 Å². The van der Waals surface area contributed by atoms with Gasteiger partial charge in [-0.25, -0.2) is 0 Å². The molecule has 1 rings (SSSR count). The highest BCUT2D eigenvalue weighted by atomic mass is 15.1. The lowest BCUT2D eigenvalue weighted by atomic mass is 10.2. The van der Waals surface area contributed by atoms with Gasteiger partial charge in [-0.15, -0.1) is 0 Å². The summed E-state index contributed by atoms with van der Waals surface area (Å²) in [6.07, 6.45) is 7.09. The molecule has 1 saturated carbocycles. The van der Waals surface area contributed by atoms with E-state index in [1.807, 2.05) is 0 Å². The predicted octanol–water partition coefficient (Wildman–Crippen LogP) is 2.25. The van der Waals surface area contributed by atoms with Gasteiger partial charge < -0.3 is 10.2 Å². The highest BCUT2D eigenvalue weighted by Crippen LogP contribution is 2.23. The van der Waals surface area contributed by atoms with E-state index in [1.54, 1.807) is 0 Å². The van der Waals surface area contributed by atoms with Crippen LogP contribution in [0.4, 0.5) is 0 Å². The van der Waals surface area contributed by atoms with Gasteiger partial charge >= 0.3 is 0 Å². The Morgan fingerprint density at radius 3 is 2.50 bits per heavy atom. The molecule has 0 unspecified atom stereocenters. The minimum absolute atomic E-state index is 0.904. The van der Waals surface area contributed by atoms with Crippen molar-refractivity contribution in [3.05, 3.63) is 0 Å². The first-order valence-electron chi connectivity index (χ1n) is 6.33. The normalized spacial score (nSPS) is 18.2. The fourth-order valence-electron chi connectivity index (χ4n) is 2.45. The molecule has 0 amide bonds. The number of rotatable bonds is 7. The summed E-state index contributed by atoms with van der Waals surface area (Å²) in [5, 5.41) is 3.39. The molecule has 1 fully saturated rings. The molecule has 2 nitrogen and oxygen atoms in total. The zero-order valence-corrected chi connectivity index (χ0v) is 9.89. The smallest absolute Gasteiger partial charge is 0.00951 e. The monoisotopic (exact) mass is 198 g/mol. The largest absolute Gasteiger partial charge is 0.317 e. The van der Waals surface area contributed by atoms with Gasteiger partial charge in [0.1, 0.15) is 0 Å². The molecule has 0 aromatic heterocycles. The first-order chi connectivity index (χ1) is 6.88. The minimum Gasteiger partial charge on any atom is -0.317 e. The van der Waals surface area contributed by atoms with Crippen molar-refractivity contribution in [3.8, 4) is 0 Å². The zero-order chi connectivity index (χ0) is 10.2. The Labute approximate surface area is 89.1 Å². The molecule has 0 aliphatic heterocycles. The van der Waals surface area contributed by atoms with Gasteiger partial charge in [-0.1, -0.05) is 26.7 Å². The van der Waals surface area contributed by atoms with Crippen LogP contribution in [0.5, 0.6) is 0 Å². The Morgan fingerprint density at radius 1 is 1.21 bits per heavy atom. The van der Waals surface area contributed by atoms with Gasteiger partial charge in [-0.3, -0.25) is 0 Å². The predicted molar refractivity (Wildman–Crippen MR) is 62.7 cm³/mol. The van der Waals surface area contributed by atoms with Gasteiger partial charge in [0.25, 0.3) is 0 Å². The van der Waals surface area contributed by atoms with Crippen molar-refractivity contribution in [3.63, 3.8) is 0 Å². The van der Waals surface area contributed by atoms with Gasteiger partial charge in [0, 0.05) is 6.04 Å². The number of hydrogen-bond acceptors (Lipinski definition) is 2. The zero-order valence-electron chi connectivity index (χ0n) is 9.89. The van der Waals surface area contributed by atoms with Crippen molar-refractivity contribution in [2.45, 2.75) is 52.0 Å². The molecule has 0 bridgehead atoms. The number of hydrogen-bond donors (Lipinski definition) is 1. The molecular formula is C12H26N2.